The van der Waals surface area contributed by atoms with E-state index in [0.29, 0.717) is 6.04 Å². The lowest BCUT2D eigenvalue weighted by Crippen LogP contribution is -2.64. The molecule has 1 aliphatic heterocycles. The predicted octanol–water partition coefficient (Wildman–Crippen LogP) is 2.09. The normalized spacial score (nSPS) is 29.2. The van der Waals surface area contributed by atoms with Gasteiger partial charge < -0.3 is 5.32 Å². The summed E-state index contributed by atoms with van der Waals surface area (Å²) in [5, 5.41) is 5.08. The number of carbonyl (C=O) groups is 1. The van der Waals surface area contributed by atoms with E-state index in [2.05, 4.69) is 22.8 Å². The van der Waals surface area contributed by atoms with Gasteiger partial charge in [-0.1, -0.05) is 12.5 Å². The molecule has 3 heteroatoms. The van der Waals surface area contributed by atoms with Gasteiger partial charge in [-0.3, -0.25) is 4.79 Å². The van der Waals surface area contributed by atoms with E-state index in [1.807, 2.05) is 0 Å². The molecule has 1 amide bonds. The minimum absolute atomic E-state index is 0.00481. The molecule has 1 aliphatic carbocycles. The van der Waals surface area contributed by atoms with Crippen LogP contribution >= 0.6 is 11.3 Å². The first kappa shape index (κ1) is 7.56. The van der Waals surface area contributed by atoms with Crippen LogP contribution in [0.25, 0.3) is 0 Å². The maximum atomic E-state index is 11.4. The Morgan fingerprint density at radius 3 is 2.85 bits per heavy atom. The Morgan fingerprint density at radius 2 is 2.38 bits per heavy atom. The number of hydrogen-bond acceptors (Lipinski definition) is 2. The van der Waals surface area contributed by atoms with Crippen LogP contribution in [0.5, 0.6) is 0 Å². The molecule has 1 aromatic heterocycles. The second kappa shape index (κ2) is 2.35. The largest absolute Gasteiger partial charge is 0.347 e. The van der Waals surface area contributed by atoms with Crippen molar-refractivity contribution in [1.29, 1.82) is 0 Å². The summed E-state index contributed by atoms with van der Waals surface area (Å²) in [7, 11) is 0. The van der Waals surface area contributed by atoms with Crippen LogP contribution in [-0.2, 0) is 4.79 Å². The van der Waals surface area contributed by atoms with Crippen LogP contribution in [-0.4, -0.2) is 5.91 Å². The number of thiophene rings is 1. The molecule has 1 aromatic rings. The zero-order chi connectivity index (χ0) is 8.89. The first-order valence-electron chi connectivity index (χ1n) is 4.67. The second-order valence-electron chi connectivity index (χ2n) is 3.93. The van der Waals surface area contributed by atoms with Gasteiger partial charge in [-0.25, -0.2) is 0 Å². The van der Waals surface area contributed by atoms with Crippen molar-refractivity contribution in [2.24, 2.45) is 5.41 Å². The first-order chi connectivity index (χ1) is 6.33. The zero-order valence-electron chi connectivity index (χ0n) is 7.25. The first-order valence-corrected chi connectivity index (χ1v) is 5.55. The van der Waals surface area contributed by atoms with E-state index in [-0.39, 0.29) is 11.3 Å². The molecule has 2 heterocycles. The van der Waals surface area contributed by atoms with Crippen LogP contribution in [0, 0.1) is 5.41 Å². The summed E-state index contributed by atoms with van der Waals surface area (Å²) in [4.78, 5) is 12.8. The van der Waals surface area contributed by atoms with Crippen LogP contribution in [0.4, 0.5) is 0 Å². The summed E-state index contributed by atoms with van der Waals surface area (Å²) in [6.45, 7) is 0. The van der Waals surface area contributed by atoms with Gasteiger partial charge in [0.2, 0.25) is 5.91 Å². The third kappa shape index (κ3) is 0.804. The lowest BCUT2D eigenvalue weighted by atomic mass is 9.58. The summed E-state index contributed by atoms with van der Waals surface area (Å²) in [6.07, 6.45) is 3.39. The predicted molar refractivity (Wildman–Crippen MR) is 51.5 cm³/mol. The minimum atomic E-state index is 0.00481. The summed E-state index contributed by atoms with van der Waals surface area (Å²) >= 11 is 1.75. The highest BCUT2D eigenvalue weighted by Crippen LogP contribution is 2.56. The Morgan fingerprint density at radius 1 is 1.54 bits per heavy atom. The molecule has 68 valence electrons. The SMILES string of the molecule is O=C1N[C@@H](c2cccs2)C12CCC2. The Bertz CT molecular complexity index is 340. The molecule has 1 spiro atoms. The van der Waals surface area contributed by atoms with Crippen molar-refractivity contribution >= 4 is 17.2 Å². The maximum Gasteiger partial charge on any atom is 0.229 e. The van der Waals surface area contributed by atoms with Crippen molar-refractivity contribution in [3.8, 4) is 0 Å². The van der Waals surface area contributed by atoms with Gasteiger partial charge in [0.05, 0.1) is 11.5 Å². The van der Waals surface area contributed by atoms with Gasteiger partial charge in [0.1, 0.15) is 0 Å². The molecule has 0 radical (unpaired) electrons. The number of β-lactam (4-membered cyclic amide) rings is 1. The fourth-order valence-electron chi connectivity index (χ4n) is 2.34. The highest BCUT2D eigenvalue weighted by atomic mass is 32.1. The molecule has 1 atom stereocenters. The van der Waals surface area contributed by atoms with Crippen LogP contribution in [0.2, 0.25) is 0 Å². The van der Waals surface area contributed by atoms with E-state index in [9.17, 15) is 4.79 Å². The fourth-order valence-corrected chi connectivity index (χ4v) is 3.23. The monoisotopic (exact) mass is 193 g/mol. The molecular weight excluding hydrogens is 182 g/mol. The van der Waals surface area contributed by atoms with Gasteiger partial charge in [-0.05, 0) is 24.3 Å². The third-order valence-electron chi connectivity index (χ3n) is 3.35. The van der Waals surface area contributed by atoms with E-state index in [1.54, 1.807) is 11.3 Å². The summed E-state index contributed by atoms with van der Waals surface area (Å²) in [5.41, 5.74) is 0.00481. The number of carbonyl (C=O) groups excluding carboxylic acids is 1. The van der Waals surface area contributed by atoms with E-state index < -0.39 is 0 Å². The quantitative estimate of drug-likeness (QED) is 0.680. The van der Waals surface area contributed by atoms with Crippen molar-refractivity contribution in [1.82, 2.24) is 5.32 Å². The molecule has 2 nitrogen and oxygen atoms in total. The smallest absolute Gasteiger partial charge is 0.229 e. The van der Waals surface area contributed by atoms with Crippen LogP contribution < -0.4 is 5.32 Å². The van der Waals surface area contributed by atoms with Crippen molar-refractivity contribution in [3.05, 3.63) is 22.4 Å². The highest BCUT2D eigenvalue weighted by Gasteiger charge is 2.59. The molecule has 2 aliphatic rings. The van der Waals surface area contributed by atoms with Gasteiger partial charge in [0.15, 0.2) is 0 Å². The fraction of sp³-hybridized carbons (Fsp3) is 0.500. The van der Waals surface area contributed by atoms with Crippen LogP contribution in [0.15, 0.2) is 17.5 Å². The lowest BCUT2D eigenvalue weighted by Gasteiger charge is -2.54. The molecular formula is C10H11NOS. The highest BCUT2D eigenvalue weighted by molar-refractivity contribution is 7.10. The van der Waals surface area contributed by atoms with Gasteiger partial charge in [0, 0.05) is 4.88 Å². The third-order valence-corrected chi connectivity index (χ3v) is 4.29. The van der Waals surface area contributed by atoms with E-state index in [4.69, 9.17) is 0 Å². The molecule has 0 unspecified atom stereocenters. The number of rotatable bonds is 1. The average Bonchev–Trinajstić information content (AvgIpc) is 2.48. The molecule has 13 heavy (non-hydrogen) atoms. The molecule has 0 aromatic carbocycles. The Kier molecular flexibility index (Phi) is 1.37. The molecule has 1 saturated carbocycles. The number of amides is 1. The topological polar surface area (TPSA) is 29.1 Å². The van der Waals surface area contributed by atoms with Gasteiger partial charge >= 0.3 is 0 Å². The Labute approximate surface area is 81.0 Å². The Hall–Kier alpha value is -0.830. The van der Waals surface area contributed by atoms with E-state index in [0.717, 1.165) is 12.8 Å². The summed E-state index contributed by atoms with van der Waals surface area (Å²) in [5.74, 6) is 0.275. The maximum absolute atomic E-state index is 11.4. The van der Waals surface area contributed by atoms with Gasteiger partial charge in [-0.15, -0.1) is 11.3 Å². The number of nitrogens with one attached hydrogen (secondary N) is 1. The molecule has 1 N–H and O–H groups in total. The Balaban J connectivity index is 1.91. The number of hydrogen-bond donors (Lipinski definition) is 1. The van der Waals surface area contributed by atoms with Crippen molar-refractivity contribution in [2.75, 3.05) is 0 Å². The molecule has 2 fully saturated rings. The lowest BCUT2D eigenvalue weighted by molar-refractivity contribution is -0.155. The van der Waals surface area contributed by atoms with E-state index in [1.165, 1.54) is 11.3 Å². The molecule has 1 saturated heterocycles. The standard InChI is InChI=1S/C10H11NOS/c12-9-10(4-2-5-10)8(11-9)7-3-1-6-13-7/h1,3,6,8H,2,4-5H2,(H,11,12)/t8-/m0/s1. The molecule has 0 bridgehead atoms. The molecule has 3 rings (SSSR count). The van der Waals surface area contributed by atoms with Gasteiger partial charge in [0.25, 0.3) is 0 Å². The van der Waals surface area contributed by atoms with Crippen molar-refractivity contribution in [2.45, 2.75) is 25.3 Å². The van der Waals surface area contributed by atoms with Crippen molar-refractivity contribution < 1.29 is 4.79 Å². The van der Waals surface area contributed by atoms with Crippen LogP contribution in [0.1, 0.15) is 30.2 Å². The van der Waals surface area contributed by atoms with Crippen molar-refractivity contribution in [3.63, 3.8) is 0 Å². The minimum Gasteiger partial charge on any atom is -0.347 e. The zero-order valence-corrected chi connectivity index (χ0v) is 8.06. The van der Waals surface area contributed by atoms with E-state index >= 15 is 0 Å². The summed E-state index contributed by atoms with van der Waals surface area (Å²) in [6, 6.07) is 4.50. The summed E-state index contributed by atoms with van der Waals surface area (Å²) < 4.78 is 0. The van der Waals surface area contributed by atoms with Gasteiger partial charge in [-0.2, -0.15) is 0 Å². The second-order valence-corrected chi connectivity index (χ2v) is 4.91. The van der Waals surface area contributed by atoms with Crippen LogP contribution in [0.3, 0.4) is 0 Å². The average molecular weight is 193 g/mol.